The van der Waals surface area contributed by atoms with E-state index in [1.54, 1.807) is 0 Å². The van der Waals surface area contributed by atoms with Crippen LogP contribution in [0.4, 0.5) is 5.69 Å². The van der Waals surface area contributed by atoms with Gasteiger partial charge in [0.15, 0.2) is 0 Å². The Labute approximate surface area is 119 Å². The molecule has 1 N–H and O–H groups in total. The van der Waals surface area contributed by atoms with Crippen molar-refractivity contribution in [3.8, 4) is 11.1 Å². The standard InChI is InChI=1S/C18H19NO/c1-2-6-17-13(4-1)10-14-11-15(7-8-18(14)17)19-12-16-5-3-9-20-16/h1-2,4,6-8,11,16,19H,3,5,9-10,12H2. The summed E-state index contributed by atoms with van der Waals surface area (Å²) in [6, 6.07) is 15.4. The van der Waals surface area contributed by atoms with Crippen molar-refractivity contribution < 1.29 is 4.74 Å². The van der Waals surface area contributed by atoms with Gasteiger partial charge in [-0.2, -0.15) is 0 Å². The predicted molar refractivity (Wildman–Crippen MR) is 82.1 cm³/mol. The van der Waals surface area contributed by atoms with Gasteiger partial charge >= 0.3 is 0 Å². The molecule has 2 nitrogen and oxygen atoms in total. The predicted octanol–water partition coefficient (Wildman–Crippen LogP) is 3.85. The fourth-order valence-electron chi connectivity index (χ4n) is 3.29. The zero-order valence-corrected chi connectivity index (χ0v) is 11.6. The number of anilines is 1. The zero-order chi connectivity index (χ0) is 13.4. The van der Waals surface area contributed by atoms with Gasteiger partial charge in [0.05, 0.1) is 6.10 Å². The first-order valence-corrected chi connectivity index (χ1v) is 7.47. The van der Waals surface area contributed by atoms with Crippen molar-refractivity contribution in [3.63, 3.8) is 0 Å². The monoisotopic (exact) mass is 265 g/mol. The Hall–Kier alpha value is -1.80. The number of benzene rings is 2. The Morgan fingerprint density at radius 2 is 1.95 bits per heavy atom. The van der Waals surface area contributed by atoms with Gasteiger partial charge in [-0.15, -0.1) is 0 Å². The largest absolute Gasteiger partial charge is 0.382 e. The normalized spacial score (nSPS) is 19.7. The molecule has 0 spiro atoms. The van der Waals surface area contributed by atoms with E-state index in [4.69, 9.17) is 4.74 Å². The SMILES string of the molecule is c1ccc2c(c1)Cc1cc(NCC3CCCO3)ccc1-2. The van der Waals surface area contributed by atoms with Crippen LogP contribution in [0, 0.1) is 0 Å². The lowest BCUT2D eigenvalue weighted by atomic mass is 10.1. The Bertz CT molecular complexity index is 629. The maximum Gasteiger partial charge on any atom is 0.0748 e. The van der Waals surface area contributed by atoms with Gasteiger partial charge in [0.25, 0.3) is 0 Å². The molecule has 1 heterocycles. The van der Waals surface area contributed by atoms with Crippen LogP contribution in [0.2, 0.25) is 0 Å². The van der Waals surface area contributed by atoms with Gasteiger partial charge in [-0.25, -0.2) is 0 Å². The highest BCUT2D eigenvalue weighted by atomic mass is 16.5. The molecular weight excluding hydrogens is 246 g/mol. The Kier molecular flexibility index (Phi) is 2.96. The average molecular weight is 265 g/mol. The minimum absolute atomic E-state index is 0.389. The van der Waals surface area contributed by atoms with Crippen LogP contribution in [0.15, 0.2) is 42.5 Å². The molecule has 0 radical (unpaired) electrons. The summed E-state index contributed by atoms with van der Waals surface area (Å²) in [6.07, 6.45) is 3.83. The first kappa shape index (κ1) is 12.0. The number of ether oxygens (including phenoxy) is 1. The van der Waals surface area contributed by atoms with Gasteiger partial charge in [-0.3, -0.25) is 0 Å². The quantitative estimate of drug-likeness (QED) is 0.776. The van der Waals surface area contributed by atoms with Crippen molar-refractivity contribution in [2.45, 2.75) is 25.4 Å². The van der Waals surface area contributed by atoms with Crippen LogP contribution < -0.4 is 5.32 Å². The minimum Gasteiger partial charge on any atom is -0.382 e. The summed E-state index contributed by atoms with van der Waals surface area (Å²) in [5.41, 5.74) is 6.88. The van der Waals surface area contributed by atoms with Crippen LogP contribution in [0.1, 0.15) is 24.0 Å². The summed E-state index contributed by atoms with van der Waals surface area (Å²) in [5.74, 6) is 0. The third-order valence-corrected chi connectivity index (χ3v) is 4.35. The maximum atomic E-state index is 5.66. The second kappa shape index (κ2) is 4.95. The lowest BCUT2D eigenvalue weighted by Crippen LogP contribution is -2.18. The summed E-state index contributed by atoms with van der Waals surface area (Å²) in [7, 11) is 0. The van der Waals surface area contributed by atoms with Crippen LogP contribution in [0.25, 0.3) is 11.1 Å². The van der Waals surface area contributed by atoms with Crippen LogP contribution in [0.5, 0.6) is 0 Å². The molecule has 2 aromatic carbocycles. The van der Waals surface area contributed by atoms with Gasteiger partial charge < -0.3 is 10.1 Å². The van der Waals surface area contributed by atoms with E-state index in [1.165, 1.54) is 40.8 Å². The summed E-state index contributed by atoms with van der Waals surface area (Å²) in [6.45, 7) is 1.84. The van der Waals surface area contributed by atoms with Crippen molar-refractivity contribution >= 4 is 5.69 Å². The van der Waals surface area contributed by atoms with Gasteiger partial charge in [0.2, 0.25) is 0 Å². The van der Waals surface area contributed by atoms with E-state index in [0.717, 1.165) is 19.6 Å². The van der Waals surface area contributed by atoms with Crippen LogP contribution in [-0.2, 0) is 11.2 Å². The molecule has 1 unspecified atom stereocenters. The van der Waals surface area contributed by atoms with Crippen molar-refractivity contribution in [2.24, 2.45) is 0 Å². The summed E-state index contributed by atoms with van der Waals surface area (Å²) < 4.78 is 5.66. The molecule has 102 valence electrons. The summed E-state index contributed by atoms with van der Waals surface area (Å²) in [5, 5.41) is 3.52. The van der Waals surface area contributed by atoms with E-state index in [1.807, 2.05) is 0 Å². The Balaban J connectivity index is 1.53. The highest BCUT2D eigenvalue weighted by molar-refractivity contribution is 5.78. The fourth-order valence-corrected chi connectivity index (χ4v) is 3.29. The van der Waals surface area contributed by atoms with E-state index in [-0.39, 0.29) is 0 Å². The van der Waals surface area contributed by atoms with Crippen LogP contribution in [-0.4, -0.2) is 19.3 Å². The molecule has 0 bridgehead atoms. The Morgan fingerprint density at radius 1 is 1.05 bits per heavy atom. The molecule has 0 saturated carbocycles. The molecular formula is C18H19NO. The topological polar surface area (TPSA) is 21.3 Å². The molecule has 0 aromatic heterocycles. The lowest BCUT2D eigenvalue weighted by molar-refractivity contribution is 0.120. The van der Waals surface area contributed by atoms with Crippen LogP contribution in [0.3, 0.4) is 0 Å². The summed E-state index contributed by atoms with van der Waals surface area (Å²) >= 11 is 0. The number of hydrogen-bond donors (Lipinski definition) is 1. The first-order valence-electron chi connectivity index (χ1n) is 7.47. The molecule has 4 rings (SSSR count). The molecule has 1 saturated heterocycles. The van der Waals surface area contributed by atoms with E-state index in [9.17, 15) is 0 Å². The third kappa shape index (κ3) is 2.10. The maximum absolute atomic E-state index is 5.66. The molecule has 1 aliphatic heterocycles. The zero-order valence-electron chi connectivity index (χ0n) is 11.6. The number of rotatable bonds is 3. The van der Waals surface area contributed by atoms with Crippen molar-refractivity contribution in [1.29, 1.82) is 0 Å². The van der Waals surface area contributed by atoms with Crippen molar-refractivity contribution in [3.05, 3.63) is 53.6 Å². The first-order chi connectivity index (χ1) is 9.90. The molecule has 20 heavy (non-hydrogen) atoms. The highest BCUT2D eigenvalue weighted by Crippen LogP contribution is 2.37. The van der Waals surface area contributed by atoms with Crippen molar-refractivity contribution in [2.75, 3.05) is 18.5 Å². The third-order valence-electron chi connectivity index (χ3n) is 4.35. The molecule has 0 amide bonds. The van der Waals surface area contributed by atoms with Gasteiger partial charge in [-0.1, -0.05) is 30.3 Å². The number of hydrogen-bond acceptors (Lipinski definition) is 2. The molecule has 2 aliphatic rings. The second-order valence-electron chi connectivity index (χ2n) is 5.72. The fraction of sp³-hybridized carbons (Fsp3) is 0.333. The summed E-state index contributed by atoms with van der Waals surface area (Å²) in [4.78, 5) is 0. The van der Waals surface area contributed by atoms with Gasteiger partial charge in [0.1, 0.15) is 0 Å². The number of fused-ring (bicyclic) bond motifs is 3. The van der Waals surface area contributed by atoms with E-state index >= 15 is 0 Å². The van der Waals surface area contributed by atoms with Gasteiger partial charge in [-0.05, 0) is 53.6 Å². The Morgan fingerprint density at radius 3 is 2.85 bits per heavy atom. The lowest BCUT2D eigenvalue weighted by Gasteiger charge is -2.13. The average Bonchev–Trinajstić information content (AvgIpc) is 3.12. The second-order valence-corrected chi connectivity index (χ2v) is 5.72. The molecule has 1 fully saturated rings. The van der Waals surface area contributed by atoms with E-state index in [0.29, 0.717) is 6.10 Å². The molecule has 2 aromatic rings. The molecule has 1 aliphatic carbocycles. The van der Waals surface area contributed by atoms with Gasteiger partial charge in [0, 0.05) is 18.8 Å². The smallest absolute Gasteiger partial charge is 0.0748 e. The number of nitrogens with one attached hydrogen (secondary N) is 1. The van der Waals surface area contributed by atoms with Crippen molar-refractivity contribution in [1.82, 2.24) is 0 Å². The molecule has 1 atom stereocenters. The van der Waals surface area contributed by atoms with E-state index in [2.05, 4.69) is 47.8 Å². The minimum atomic E-state index is 0.389. The van der Waals surface area contributed by atoms with E-state index < -0.39 is 0 Å². The van der Waals surface area contributed by atoms with Crippen LogP contribution >= 0.6 is 0 Å². The molecule has 2 heteroatoms. The highest BCUT2D eigenvalue weighted by Gasteiger charge is 2.18.